The molecule has 4 rings (SSSR count). The highest BCUT2D eigenvalue weighted by atomic mass is 32.1. The van der Waals surface area contributed by atoms with Crippen LogP contribution in [0.2, 0.25) is 0 Å². The number of piperidine rings is 1. The van der Waals surface area contributed by atoms with Gasteiger partial charge in [0.15, 0.2) is 0 Å². The lowest BCUT2D eigenvalue weighted by Crippen LogP contribution is -2.37. The molecule has 0 radical (unpaired) electrons. The number of carbonyl (C=O) groups excluding carboxylic acids is 1. The molecule has 0 unspecified atom stereocenters. The summed E-state index contributed by atoms with van der Waals surface area (Å²) in [7, 11) is 0. The molecule has 3 heterocycles. The smallest absolute Gasteiger partial charge is 0.219 e. The standard InChI is InChI=1S/C19H21N5OS/c1-13-5-3-4-6-16(13)19-20-11-18(26-19)17-12-24(22-21-17)15-7-9-23(10-8-15)14(2)25/h3-6,11-12,15H,7-10H2,1-2H3. The molecule has 1 amide bonds. The van der Waals surface area contributed by atoms with E-state index in [-0.39, 0.29) is 5.91 Å². The maximum absolute atomic E-state index is 11.5. The maximum atomic E-state index is 11.5. The number of aromatic nitrogens is 4. The number of aryl methyl sites for hydroxylation is 1. The minimum atomic E-state index is 0.149. The Balaban J connectivity index is 1.51. The van der Waals surface area contributed by atoms with Crippen LogP contribution in [0.25, 0.3) is 21.1 Å². The first kappa shape index (κ1) is 16.9. The lowest BCUT2D eigenvalue weighted by atomic mass is 10.1. The van der Waals surface area contributed by atoms with Crippen molar-refractivity contribution >= 4 is 17.2 Å². The maximum Gasteiger partial charge on any atom is 0.219 e. The molecule has 0 bridgehead atoms. The first-order valence-corrected chi connectivity index (χ1v) is 9.63. The van der Waals surface area contributed by atoms with E-state index in [1.165, 1.54) is 5.56 Å². The second-order valence-corrected chi connectivity index (χ2v) is 7.70. The fourth-order valence-electron chi connectivity index (χ4n) is 3.34. The van der Waals surface area contributed by atoms with Crippen LogP contribution in [0.15, 0.2) is 36.7 Å². The summed E-state index contributed by atoms with van der Waals surface area (Å²) in [5.74, 6) is 0.149. The molecule has 26 heavy (non-hydrogen) atoms. The second-order valence-electron chi connectivity index (χ2n) is 6.67. The van der Waals surface area contributed by atoms with Crippen LogP contribution in [0.1, 0.15) is 31.4 Å². The van der Waals surface area contributed by atoms with Crippen molar-refractivity contribution in [3.63, 3.8) is 0 Å². The van der Waals surface area contributed by atoms with Gasteiger partial charge in [0, 0.05) is 31.8 Å². The predicted octanol–water partition coefficient (Wildman–Crippen LogP) is 3.56. The van der Waals surface area contributed by atoms with Gasteiger partial charge in [-0.05, 0) is 25.3 Å². The summed E-state index contributed by atoms with van der Waals surface area (Å²) in [5.41, 5.74) is 3.23. The Morgan fingerprint density at radius 2 is 2.00 bits per heavy atom. The third-order valence-corrected chi connectivity index (χ3v) is 5.98. The van der Waals surface area contributed by atoms with Gasteiger partial charge < -0.3 is 4.90 Å². The summed E-state index contributed by atoms with van der Waals surface area (Å²) in [6.07, 6.45) is 5.71. The molecule has 0 N–H and O–H groups in total. The molecular formula is C19H21N5OS. The molecule has 1 aliphatic rings. The number of hydrogen-bond acceptors (Lipinski definition) is 5. The van der Waals surface area contributed by atoms with Gasteiger partial charge in [-0.1, -0.05) is 29.5 Å². The van der Waals surface area contributed by atoms with Crippen molar-refractivity contribution in [1.82, 2.24) is 24.9 Å². The SMILES string of the molecule is CC(=O)N1CCC(n2cc(-c3cnc(-c4ccccc4C)s3)nn2)CC1. The topological polar surface area (TPSA) is 63.9 Å². The molecule has 1 fully saturated rings. The fourth-order valence-corrected chi connectivity index (χ4v) is 4.30. The normalized spacial score (nSPS) is 15.4. The second kappa shape index (κ2) is 6.99. The zero-order chi connectivity index (χ0) is 18.1. The van der Waals surface area contributed by atoms with Crippen molar-refractivity contribution in [3.8, 4) is 21.1 Å². The van der Waals surface area contributed by atoms with Crippen LogP contribution in [0, 0.1) is 6.92 Å². The molecule has 0 atom stereocenters. The average molecular weight is 367 g/mol. The monoisotopic (exact) mass is 367 g/mol. The van der Waals surface area contributed by atoms with E-state index < -0.39 is 0 Å². The first-order valence-electron chi connectivity index (χ1n) is 8.81. The summed E-state index contributed by atoms with van der Waals surface area (Å²) in [6, 6.07) is 8.57. The van der Waals surface area contributed by atoms with Crippen molar-refractivity contribution in [2.24, 2.45) is 0 Å². The quantitative estimate of drug-likeness (QED) is 0.710. The third kappa shape index (κ3) is 3.26. The van der Waals surface area contributed by atoms with Gasteiger partial charge in [0.1, 0.15) is 10.7 Å². The molecule has 0 aliphatic carbocycles. The molecule has 1 aromatic carbocycles. The van der Waals surface area contributed by atoms with Gasteiger partial charge in [-0.3, -0.25) is 4.79 Å². The van der Waals surface area contributed by atoms with Crippen LogP contribution in [-0.4, -0.2) is 43.9 Å². The van der Waals surface area contributed by atoms with Gasteiger partial charge in [-0.15, -0.1) is 16.4 Å². The first-order chi connectivity index (χ1) is 12.6. The summed E-state index contributed by atoms with van der Waals surface area (Å²) in [5, 5.41) is 9.68. The molecule has 134 valence electrons. The van der Waals surface area contributed by atoms with Crippen molar-refractivity contribution in [1.29, 1.82) is 0 Å². The minimum absolute atomic E-state index is 0.149. The Bertz CT molecular complexity index is 923. The fraction of sp³-hybridized carbons (Fsp3) is 0.368. The summed E-state index contributed by atoms with van der Waals surface area (Å²) in [6.45, 7) is 5.30. The van der Waals surface area contributed by atoms with Crippen molar-refractivity contribution in [2.75, 3.05) is 13.1 Å². The Kier molecular flexibility index (Phi) is 4.55. The van der Waals surface area contributed by atoms with E-state index in [4.69, 9.17) is 0 Å². The van der Waals surface area contributed by atoms with Gasteiger partial charge in [-0.2, -0.15) is 0 Å². The van der Waals surface area contributed by atoms with Crippen molar-refractivity contribution < 1.29 is 4.79 Å². The van der Waals surface area contributed by atoms with E-state index in [0.717, 1.165) is 47.1 Å². The molecule has 2 aromatic heterocycles. The van der Waals surface area contributed by atoms with Crippen LogP contribution in [-0.2, 0) is 4.79 Å². The zero-order valence-corrected chi connectivity index (χ0v) is 15.7. The molecule has 7 heteroatoms. The average Bonchev–Trinajstić information content (AvgIpc) is 3.32. The number of thiazole rings is 1. The Morgan fingerprint density at radius 3 is 2.73 bits per heavy atom. The molecule has 0 spiro atoms. The van der Waals surface area contributed by atoms with E-state index in [1.807, 2.05) is 34.1 Å². The molecule has 6 nitrogen and oxygen atoms in total. The van der Waals surface area contributed by atoms with Gasteiger partial charge in [0.2, 0.25) is 5.91 Å². The van der Waals surface area contributed by atoms with E-state index in [0.29, 0.717) is 6.04 Å². The number of likely N-dealkylation sites (tertiary alicyclic amines) is 1. The van der Waals surface area contributed by atoms with Gasteiger partial charge in [0.25, 0.3) is 0 Å². The lowest BCUT2D eigenvalue weighted by Gasteiger charge is -2.30. The van der Waals surface area contributed by atoms with Crippen LogP contribution >= 0.6 is 11.3 Å². The summed E-state index contributed by atoms with van der Waals surface area (Å²) >= 11 is 1.64. The van der Waals surface area contributed by atoms with Gasteiger partial charge >= 0.3 is 0 Å². The summed E-state index contributed by atoms with van der Waals surface area (Å²) < 4.78 is 1.94. The Morgan fingerprint density at radius 1 is 1.23 bits per heavy atom. The van der Waals surface area contributed by atoms with Crippen LogP contribution in [0.5, 0.6) is 0 Å². The number of rotatable bonds is 3. The highest BCUT2D eigenvalue weighted by molar-refractivity contribution is 7.18. The molecule has 1 aliphatic heterocycles. The Labute approximate surface area is 156 Å². The lowest BCUT2D eigenvalue weighted by molar-refractivity contribution is -0.130. The minimum Gasteiger partial charge on any atom is -0.343 e. The highest BCUT2D eigenvalue weighted by Gasteiger charge is 2.23. The van der Waals surface area contributed by atoms with Crippen molar-refractivity contribution in [2.45, 2.75) is 32.7 Å². The molecule has 0 saturated carbocycles. The highest BCUT2D eigenvalue weighted by Crippen LogP contribution is 2.33. The number of carbonyl (C=O) groups is 1. The zero-order valence-electron chi connectivity index (χ0n) is 14.9. The van der Waals surface area contributed by atoms with E-state index >= 15 is 0 Å². The third-order valence-electron chi connectivity index (χ3n) is 4.93. The largest absolute Gasteiger partial charge is 0.343 e. The van der Waals surface area contributed by atoms with Crippen molar-refractivity contribution in [3.05, 3.63) is 42.2 Å². The summed E-state index contributed by atoms with van der Waals surface area (Å²) in [4.78, 5) is 19.0. The Hall–Kier alpha value is -2.54. The van der Waals surface area contributed by atoms with Crippen LogP contribution in [0.4, 0.5) is 0 Å². The van der Waals surface area contributed by atoms with Gasteiger partial charge in [-0.25, -0.2) is 9.67 Å². The van der Waals surface area contributed by atoms with E-state index in [1.54, 1.807) is 18.3 Å². The molecule has 3 aromatic rings. The van der Waals surface area contributed by atoms with Crippen LogP contribution in [0.3, 0.4) is 0 Å². The molecular weight excluding hydrogens is 346 g/mol. The van der Waals surface area contributed by atoms with E-state index in [2.05, 4.69) is 34.4 Å². The van der Waals surface area contributed by atoms with Crippen LogP contribution < -0.4 is 0 Å². The van der Waals surface area contributed by atoms with E-state index in [9.17, 15) is 4.79 Å². The number of nitrogens with zero attached hydrogens (tertiary/aromatic N) is 5. The number of benzene rings is 1. The van der Waals surface area contributed by atoms with Gasteiger partial charge in [0.05, 0.1) is 17.1 Å². The number of hydrogen-bond donors (Lipinski definition) is 0. The predicted molar refractivity (Wildman–Crippen MR) is 102 cm³/mol. The number of amides is 1. The molecule has 1 saturated heterocycles.